The quantitative estimate of drug-likeness (QED) is 0.563. The number of ether oxygens (including phenoxy) is 1. The van der Waals surface area contributed by atoms with Crippen LogP contribution in [0.1, 0.15) is 30.5 Å². The molecule has 2 rings (SSSR count). The summed E-state index contributed by atoms with van der Waals surface area (Å²) in [5.41, 5.74) is 3.10. The van der Waals surface area contributed by atoms with Crippen LogP contribution in [0, 0.1) is 0 Å². The monoisotopic (exact) mass is 217 g/mol. The molecule has 0 spiro atoms. The SMILES string of the molecule is CC(C)(N=C=O)c1ccc2c(c1)CCOC2. The Hall–Kier alpha value is -1.44. The molecular formula is C13H15NO2. The first kappa shape index (κ1) is 11.1. The Morgan fingerprint density at radius 3 is 2.94 bits per heavy atom. The van der Waals surface area contributed by atoms with E-state index in [2.05, 4.69) is 17.1 Å². The molecule has 0 atom stereocenters. The molecule has 16 heavy (non-hydrogen) atoms. The Morgan fingerprint density at radius 1 is 1.38 bits per heavy atom. The van der Waals surface area contributed by atoms with Crippen molar-refractivity contribution < 1.29 is 9.53 Å². The molecule has 0 amide bonds. The van der Waals surface area contributed by atoms with E-state index >= 15 is 0 Å². The van der Waals surface area contributed by atoms with Crippen LogP contribution in [0.4, 0.5) is 0 Å². The largest absolute Gasteiger partial charge is 0.376 e. The highest BCUT2D eigenvalue weighted by molar-refractivity contribution is 5.40. The molecule has 1 aliphatic heterocycles. The van der Waals surface area contributed by atoms with Crippen LogP contribution in [-0.4, -0.2) is 12.7 Å². The van der Waals surface area contributed by atoms with Gasteiger partial charge < -0.3 is 4.74 Å². The minimum Gasteiger partial charge on any atom is -0.376 e. The Bertz CT molecular complexity index is 445. The van der Waals surface area contributed by atoms with Crippen molar-refractivity contribution >= 4 is 6.08 Å². The van der Waals surface area contributed by atoms with Crippen molar-refractivity contribution in [3.05, 3.63) is 34.9 Å². The van der Waals surface area contributed by atoms with Gasteiger partial charge in [0, 0.05) is 0 Å². The average molecular weight is 217 g/mol. The summed E-state index contributed by atoms with van der Waals surface area (Å²) in [6, 6.07) is 6.19. The first-order valence-corrected chi connectivity index (χ1v) is 5.42. The number of aliphatic imine (C=N–C) groups is 1. The van der Waals surface area contributed by atoms with Gasteiger partial charge in [-0.1, -0.05) is 18.2 Å². The van der Waals surface area contributed by atoms with E-state index in [1.165, 1.54) is 11.1 Å². The van der Waals surface area contributed by atoms with Gasteiger partial charge in [0.15, 0.2) is 0 Å². The Labute approximate surface area is 95.2 Å². The number of fused-ring (bicyclic) bond motifs is 1. The number of rotatable bonds is 2. The maximum absolute atomic E-state index is 10.4. The summed E-state index contributed by atoms with van der Waals surface area (Å²) >= 11 is 0. The van der Waals surface area contributed by atoms with E-state index in [0.717, 1.165) is 18.6 Å². The van der Waals surface area contributed by atoms with E-state index in [4.69, 9.17) is 4.74 Å². The van der Waals surface area contributed by atoms with Crippen molar-refractivity contribution in [2.24, 2.45) is 4.99 Å². The van der Waals surface area contributed by atoms with Crippen molar-refractivity contribution in [2.75, 3.05) is 6.61 Å². The van der Waals surface area contributed by atoms with Gasteiger partial charge in [0.25, 0.3) is 0 Å². The van der Waals surface area contributed by atoms with Crippen LogP contribution < -0.4 is 0 Å². The summed E-state index contributed by atoms with van der Waals surface area (Å²) in [6.45, 7) is 5.29. The smallest absolute Gasteiger partial charge is 0.235 e. The van der Waals surface area contributed by atoms with Gasteiger partial charge in [0.1, 0.15) is 0 Å². The van der Waals surface area contributed by atoms with E-state index < -0.39 is 5.54 Å². The molecule has 0 aliphatic carbocycles. The third-order valence-electron chi connectivity index (χ3n) is 3.01. The second kappa shape index (κ2) is 4.20. The summed E-state index contributed by atoms with van der Waals surface area (Å²) < 4.78 is 5.38. The third kappa shape index (κ3) is 2.06. The van der Waals surface area contributed by atoms with Gasteiger partial charge in [0.05, 0.1) is 18.8 Å². The highest BCUT2D eigenvalue weighted by atomic mass is 16.5. The van der Waals surface area contributed by atoms with Crippen molar-refractivity contribution in [3.63, 3.8) is 0 Å². The fourth-order valence-electron chi connectivity index (χ4n) is 1.92. The molecular weight excluding hydrogens is 202 g/mol. The first-order chi connectivity index (χ1) is 7.63. The van der Waals surface area contributed by atoms with Gasteiger partial charge in [-0.2, -0.15) is 4.99 Å². The molecule has 1 heterocycles. The summed E-state index contributed by atoms with van der Waals surface area (Å²) in [5, 5.41) is 0. The van der Waals surface area contributed by atoms with Gasteiger partial charge in [-0.05, 0) is 37.0 Å². The molecule has 0 unspecified atom stereocenters. The minimum atomic E-state index is -0.491. The van der Waals surface area contributed by atoms with E-state index in [-0.39, 0.29) is 0 Å². The number of carbonyl (C=O) groups excluding carboxylic acids is 1. The second-order valence-corrected chi connectivity index (χ2v) is 4.55. The summed E-state index contributed by atoms with van der Waals surface area (Å²) in [4.78, 5) is 14.2. The minimum absolute atomic E-state index is 0.491. The van der Waals surface area contributed by atoms with Crippen LogP contribution >= 0.6 is 0 Å². The van der Waals surface area contributed by atoms with E-state index in [1.807, 2.05) is 19.9 Å². The fourth-order valence-corrected chi connectivity index (χ4v) is 1.92. The molecule has 84 valence electrons. The zero-order chi connectivity index (χ0) is 11.6. The molecule has 0 N–H and O–H groups in total. The first-order valence-electron chi connectivity index (χ1n) is 5.42. The number of nitrogens with zero attached hydrogens (tertiary/aromatic N) is 1. The molecule has 1 aromatic carbocycles. The van der Waals surface area contributed by atoms with Crippen molar-refractivity contribution in [1.29, 1.82) is 0 Å². The fraction of sp³-hybridized carbons (Fsp3) is 0.462. The molecule has 0 bridgehead atoms. The van der Waals surface area contributed by atoms with Crippen LogP contribution in [0.2, 0.25) is 0 Å². The molecule has 3 nitrogen and oxygen atoms in total. The lowest BCUT2D eigenvalue weighted by Gasteiger charge is -2.22. The van der Waals surface area contributed by atoms with Gasteiger partial charge in [-0.3, -0.25) is 0 Å². The lowest BCUT2D eigenvalue weighted by molar-refractivity contribution is 0.110. The lowest BCUT2D eigenvalue weighted by atomic mass is 9.90. The normalized spacial score (nSPS) is 15.1. The highest BCUT2D eigenvalue weighted by Gasteiger charge is 2.21. The molecule has 1 aromatic rings. The Balaban J connectivity index is 2.40. The van der Waals surface area contributed by atoms with Gasteiger partial charge >= 0.3 is 0 Å². The predicted molar refractivity (Wildman–Crippen MR) is 60.9 cm³/mol. The van der Waals surface area contributed by atoms with Gasteiger partial charge in [0.2, 0.25) is 6.08 Å². The molecule has 0 aromatic heterocycles. The van der Waals surface area contributed by atoms with Crippen LogP contribution in [0.25, 0.3) is 0 Å². The number of benzene rings is 1. The van der Waals surface area contributed by atoms with Crippen molar-refractivity contribution in [2.45, 2.75) is 32.4 Å². The van der Waals surface area contributed by atoms with Crippen LogP contribution in [0.5, 0.6) is 0 Å². The molecule has 0 radical (unpaired) electrons. The number of hydrogen-bond donors (Lipinski definition) is 0. The Kier molecular flexibility index (Phi) is 2.90. The number of hydrogen-bond acceptors (Lipinski definition) is 3. The topological polar surface area (TPSA) is 38.7 Å². The maximum Gasteiger partial charge on any atom is 0.235 e. The maximum atomic E-state index is 10.4. The third-order valence-corrected chi connectivity index (χ3v) is 3.01. The summed E-state index contributed by atoms with van der Waals surface area (Å²) in [6.07, 6.45) is 2.57. The molecule has 3 heteroatoms. The van der Waals surface area contributed by atoms with Crippen LogP contribution in [-0.2, 0) is 28.1 Å². The van der Waals surface area contributed by atoms with Crippen molar-refractivity contribution in [3.8, 4) is 0 Å². The second-order valence-electron chi connectivity index (χ2n) is 4.55. The van der Waals surface area contributed by atoms with Crippen LogP contribution in [0.15, 0.2) is 23.2 Å². The standard InChI is InChI=1S/C13H15NO2/c1-13(2,14-9-15)12-4-3-11-8-16-6-5-10(11)7-12/h3-4,7H,5-6,8H2,1-2H3. The molecule has 0 saturated heterocycles. The Morgan fingerprint density at radius 2 is 2.19 bits per heavy atom. The predicted octanol–water partition coefficient (Wildman–Crippen LogP) is 2.33. The van der Waals surface area contributed by atoms with Gasteiger partial charge in [-0.15, -0.1) is 0 Å². The highest BCUT2D eigenvalue weighted by Crippen LogP contribution is 2.28. The van der Waals surface area contributed by atoms with E-state index in [0.29, 0.717) is 6.61 Å². The van der Waals surface area contributed by atoms with Crippen molar-refractivity contribution in [1.82, 2.24) is 0 Å². The zero-order valence-electron chi connectivity index (χ0n) is 9.62. The molecule has 0 fully saturated rings. The summed E-state index contributed by atoms with van der Waals surface area (Å²) in [5.74, 6) is 0. The molecule has 0 saturated carbocycles. The van der Waals surface area contributed by atoms with Gasteiger partial charge in [-0.25, -0.2) is 4.79 Å². The summed E-state index contributed by atoms with van der Waals surface area (Å²) in [7, 11) is 0. The number of isocyanates is 1. The zero-order valence-corrected chi connectivity index (χ0v) is 9.62. The van der Waals surface area contributed by atoms with E-state index in [9.17, 15) is 4.79 Å². The average Bonchev–Trinajstić information content (AvgIpc) is 2.28. The van der Waals surface area contributed by atoms with E-state index in [1.54, 1.807) is 6.08 Å². The molecule has 1 aliphatic rings. The lowest BCUT2D eigenvalue weighted by Crippen LogP contribution is -2.16. The van der Waals surface area contributed by atoms with Crippen LogP contribution in [0.3, 0.4) is 0 Å².